The van der Waals surface area contributed by atoms with E-state index in [-0.39, 0.29) is 41.7 Å². The van der Waals surface area contributed by atoms with Crippen LogP contribution in [0.5, 0.6) is 0 Å². The Bertz CT molecular complexity index is 878. The maximum Gasteiger partial charge on any atom is 0.159 e. The second-order valence-corrected chi connectivity index (χ2v) is 13.2. The summed E-state index contributed by atoms with van der Waals surface area (Å²) < 4.78 is 6.26. The van der Waals surface area contributed by atoms with Crippen LogP contribution in [0, 0.1) is 28.6 Å². The predicted octanol–water partition coefficient (Wildman–Crippen LogP) is 2.90. The van der Waals surface area contributed by atoms with E-state index in [1.807, 2.05) is 6.92 Å². The third-order valence-corrected chi connectivity index (χ3v) is 10.9. The number of ether oxygens (including phenoxy) is 1. The second-order valence-electron chi connectivity index (χ2n) is 13.2. The molecule has 5 rings (SSSR count). The first-order chi connectivity index (χ1) is 15.2. The van der Waals surface area contributed by atoms with Gasteiger partial charge < -0.3 is 25.2 Å². The van der Waals surface area contributed by atoms with E-state index in [0.29, 0.717) is 19.3 Å². The number of fused-ring (bicyclic) bond motifs is 5. The van der Waals surface area contributed by atoms with Crippen molar-refractivity contribution in [2.75, 3.05) is 0 Å². The van der Waals surface area contributed by atoms with Crippen LogP contribution in [-0.2, 0) is 9.53 Å². The van der Waals surface area contributed by atoms with Gasteiger partial charge in [-0.15, -0.1) is 0 Å². The summed E-state index contributed by atoms with van der Waals surface area (Å²) in [5, 5.41) is 44.9. The minimum absolute atomic E-state index is 0.00853. The number of carbonyl (C=O) groups excluding carboxylic acids is 1. The Kier molecular flexibility index (Phi) is 5.17. The van der Waals surface area contributed by atoms with Crippen molar-refractivity contribution in [1.29, 1.82) is 0 Å². The molecule has 0 spiro atoms. The van der Waals surface area contributed by atoms with Crippen LogP contribution in [0.4, 0.5) is 0 Å². The lowest BCUT2D eigenvalue weighted by molar-refractivity contribution is -0.188. The maximum absolute atomic E-state index is 13.3. The van der Waals surface area contributed by atoms with E-state index in [9.17, 15) is 25.2 Å². The molecule has 10 atom stereocenters. The lowest BCUT2D eigenvalue weighted by atomic mass is 9.45. The quantitative estimate of drug-likeness (QED) is 0.503. The Morgan fingerprint density at radius 1 is 1.00 bits per heavy atom. The van der Waals surface area contributed by atoms with Crippen molar-refractivity contribution in [3.8, 4) is 0 Å². The van der Waals surface area contributed by atoms with Crippen LogP contribution in [0.15, 0.2) is 11.6 Å². The van der Waals surface area contributed by atoms with E-state index in [4.69, 9.17) is 4.74 Å². The second kappa shape index (κ2) is 7.13. The molecule has 1 aliphatic heterocycles. The topological polar surface area (TPSA) is 107 Å². The maximum atomic E-state index is 13.3. The fraction of sp³-hybridized carbons (Fsp3) is 0.889. The largest absolute Gasteiger partial charge is 0.390 e. The SMILES string of the molecule is CC1(C)CCC([C@](C)(O)[C@H]2CC[C@@]3(O)C4=CC(=O)[C@@H]5C[C@@H](O)[C@@H](O)C[C@]5(C)C4CC[C@]23C)O1. The van der Waals surface area contributed by atoms with Gasteiger partial charge in [-0.1, -0.05) is 13.8 Å². The number of ketones is 1. The first-order valence-corrected chi connectivity index (χ1v) is 12.9. The zero-order chi connectivity index (χ0) is 24.2. The highest BCUT2D eigenvalue weighted by Crippen LogP contribution is 2.69. The summed E-state index contributed by atoms with van der Waals surface area (Å²) in [7, 11) is 0. The lowest BCUT2D eigenvalue weighted by Crippen LogP contribution is -2.62. The average Bonchev–Trinajstić information content (AvgIpc) is 3.21. The van der Waals surface area contributed by atoms with Crippen molar-refractivity contribution in [1.82, 2.24) is 0 Å². The van der Waals surface area contributed by atoms with Gasteiger partial charge in [-0.25, -0.2) is 0 Å². The summed E-state index contributed by atoms with van der Waals surface area (Å²) in [4.78, 5) is 13.3. The molecule has 4 N–H and O–H groups in total. The Morgan fingerprint density at radius 3 is 2.33 bits per heavy atom. The molecular weight excluding hydrogens is 420 g/mol. The van der Waals surface area contributed by atoms with E-state index >= 15 is 0 Å². The molecule has 1 saturated heterocycles. The van der Waals surface area contributed by atoms with Gasteiger partial charge in [0.05, 0.1) is 35.1 Å². The van der Waals surface area contributed by atoms with Gasteiger partial charge in [0.2, 0.25) is 0 Å². The standard InChI is InChI=1S/C27H42O6/c1-23(2)9-8-22(33-23)26(5,31)21-7-11-27(32)16-12-18(28)17-13-19(29)20(30)14-24(17,3)15(16)6-10-25(21,27)4/h12,15,17,19-22,29-32H,6-11,13-14H2,1-5H3/t15?,17-,19+,20-,21-,22?,24+,25+,26+,27+/m0/s1. The summed E-state index contributed by atoms with van der Waals surface area (Å²) in [6, 6.07) is 0. The smallest absolute Gasteiger partial charge is 0.159 e. The van der Waals surface area contributed by atoms with Gasteiger partial charge in [0.25, 0.3) is 0 Å². The highest BCUT2D eigenvalue weighted by atomic mass is 16.5. The van der Waals surface area contributed by atoms with E-state index in [1.54, 1.807) is 6.08 Å². The fourth-order valence-corrected chi connectivity index (χ4v) is 8.93. The molecule has 6 heteroatoms. The number of allylic oxidation sites excluding steroid dienone is 1. The minimum atomic E-state index is -1.16. The molecule has 0 aromatic heterocycles. The first kappa shape index (κ1) is 23.9. The highest BCUT2D eigenvalue weighted by molar-refractivity contribution is 5.95. The Labute approximate surface area is 197 Å². The predicted molar refractivity (Wildman–Crippen MR) is 123 cm³/mol. The molecule has 4 aliphatic carbocycles. The molecule has 186 valence electrons. The van der Waals surface area contributed by atoms with Gasteiger partial charge in [-0.2, -0.15) is 0 Å². The van der Waals surface area contributed by atoms with Crippen LogP contribution < -0.4 is 0 Å². The summed E-state index contributed by atoms with van der Waals surface area (Å²) >= 11 is 0. The zero-order valence-corrected chi connectivity index (χ0v) is 20.8. The van der Waals surface area contributed by atoms with Crippen LogP contribution in [0.1, 0.15) is 86.0 Å². The number of aliphatic hydroxyl groups is 4. The van der Waals surface area contributed by atoms with Gasteiger partial charge in [-0.05, 0) is 101 Å². The van der Waals surface area contributed by atoms with Gasteiger partial charge in [-0.3, -0.25) is 4.79 Å². The number of hydrogen-bond acceptors (Lipinski definition) is 6. The number of hydrogen-bond donors (Lipinski definition) is 4. The van der Waals surface area contributed by atoms with Crippen molar-refractivity contribution in [2.45, 2.75) is 121 Å². The zero-order valence-electron chi connectivity index (χ0n) is 20.8. The monoisotopic (exact) mass is 462 g/mol. The molecule has 5 aliphatic rings. The molecule has 0 bridgehead atoms. The normalized spacial score (nSPS) is 53.0. The summed E-state index contributed by atoms with van der Waals surface area (Å²) in [5.41, 5.74) is -2.73. The summed E-state index contributed by atoms with van der Waals surface area (Å²) in [5.74, 6) is -0.517. The number of carbonyl (C=O) groups is 1. The molecule has 0 aromatic rings. The minimum Gasteiger partial charge on any atom is -0.390 e. The third-order valence-electron chi connectivity index (χ3n) is 10.9. The fourth-order valence-electron chi connectivity index (χ4n) is 8.93. The number of rotatable bonds is 2. The van der Waals surface area contributed by atoms with Gasteiger partial charge in [0, 0.05) is 11.3 Å². The van der Waals surface area contributed by atoms with E-state index < -0.39 is 34.2 Å². The third kappa shape index (κ3) is 3.13. The van der Waals surface area contributed by atoms with Gasteiger partial charge in [0.15, 0.2) is 5.78 Å². The van der Waals surface area contributed by atoms with Crippen molar-refractivity contribution >= 4 is 5.78 Å². The van der Waals surface area contributed by atoms with Gasteiger partial charge in [0.1, 0.15) is 0 Å². The van der Waals surface area contributed by atoms with Crippen LogP contribution in [0.25, 0.3) is 0 Å². The Hall–Kier alpha value is -0.790. The molecule has 3 saturated carbocycles. The van der Waals surface area contributed by atoms with E-state index in [2.05, 4.69) is 27.7 Å². The summed E-state index contributed by atoms with van der Waals surface area (Å²) in [6.07, 6.45) is 4.77. The molecule has 4 fully saturated rings. The summed E-state index contributed by atoms with van der Waals surface area (Å²) in [6.45, 7) is 10.2. The molecule has 6 nitrogen and oxygen atoms in total. The van der Waals surface area contributed by atoms with Crippen LogP contribution >= 0.6 is 0 Å². The van der Waals surface area contributed by atoms with E-state index in [0.717, 1.165) is 31.3 Å². The Balaban J connectivity index is 1.51. The van der Waals surface area contributed by atoms with Gasteiger partial charge >= 0.3 is 0 Å². The molecule has 0 aromatic carbocycles. The Morgan fingerprint density at radius 2 is 1.70 bits per heavy atom. The average molecular weight is 463 g/mol. The molecular formula is C27H42O6. The molecule has 2 unspecified atom stereocenters. The van der Waals surface area contributed by atoms with Crippen molar-refractivity contribution in [3.05, 3.63) is 11.6 Å². The van der Waals surface area contributed by atoms with Crippen LogP contribution in [0.2, 0.25) is 0 Å². The molecule has 1 heterocycles. The molecule has 0 radical (unpaired) electrons. The van der Waals surface area contributed by atoms with Crippen LogP contribution in [-0.4, -0.2) is 61.3 Å². The van der Waals surface area contributed by atoms with Crippen molar-refractivity contribution < 1.29 is 30.0 Å². The van der Waals surface area contributed by atoms with Crippen molar-refractivity contribution in [2.24, 2.45) is 28.6 Å². The number of aliphatic hydroxyl groups excluding tert-OH is 2. The first-order valence-electron chi connectivity index (χ1n) is 12.9. The lowest BCUT2D eigenvalue weighted by Gasteiger charge is -2.60. The molecule has 0 amide bonds. The van der Waals surface area contributed by atoms with Crippen molar-refractivity contribution in [3.63, 3.8) is 0 Å². The van der Waals surface area contributed by atoms with Crippen LogP contribution in [0.3, 0.4) is 0 Å². The van der Waals surface area contributed by atoms with E-state index in [1.165, 1.54) is 0 Å². The highest BCUT2D eigenvalue weighted by Gasteiger charge is 2.69. The molecule has 33 heavy (non-hydrogen) atoms.